The monoisotopic (exact) mass is 218 g/mol. The van der Waals surface area contributed by atoms with E-state index in [0.717, 1.165) is 19.3 Å². The summed E-state index contributed by atoms with van der Waals surface area (Å²) in [6.45, 7) is 0. The fourth-order valence-electron chi connectivity index (χ4n) is 1.97. The lowest BCUT2D eigenvalue weighted by Crippen LogP contribution is -1.97. The van der Waals surface area contributed by atoms with Gasteiger partial charge in [0, 0.05) is 5.92 Å². The first kappa shape index (κ1) is 9.33. The Morgan fingerprint density at radius 3 is 2.88 bits per heavy atom. The van der Waals surface area contributed by atoms with Crippen LogP contribution in [0.5, 0.6) is 0 Å². The van der Waals surface area contributed by atoms with E-state index in [-0.39, 0.29) is 28.5 Å². The van der Waals surface area contributed by atoms with Crippen LogP contribution in [0.1, 0.15) is 36.9 Å². The molecule has 0 saturated heterocycles. The first-order chi connectivity index (χ1) is 7.70. The molecule has 6 nitrogen and oxygen atoms in total. The number of nitriles is 1. The van der Waals surface area contributed by atoms with Gasteiger partial charge in [0.25, 0.3) is 0 Å². The smallest absolute Gasteiger partial charge is 0.261 e. The quantitative estimate of drug-likeness (QED) is 0.571. The van der Waals surface area contributed by atoms with Gasteiger partial charge in [-0.1, -0.05) is 0 Å². The maximum absolute atomic E-state index is 10.8. The molecule has 1 aromatic rings. The molecule has 16 heavy (non-hydrogen) atoms. The van der Waals surface area contributed by atoms with Crippen LogP contribution < -0.4 is 0 Å². The molecule has 0 aromatic carbocycles. The van der Waals surface area contributed by atoms with Crippen molar-refractivity contribution in [3.8, 4) is 6.07 Å². The Balaban J connectivity index is 1.93. The molecule has 0 N–H and O–H groups in total. The molecule has 0 aliphatic heterocycles. The predicted molar refractivity (Wildman–Crippen MR) is 53.6 cm³/mol. The minimum absolute atomic E-state index is 0.0217. The van der Waals surface area contributed by atoms with E-state index in [0.29, 0.717) is 5.69 Å². The summed E-state index contributed by atoms with van der Waals surface area (Å²) in [5.41, 5.74) is 0.722. The highest BCUT2D eigenvalue weighted by Gasteiger charge is 2.43. The van der Waals surface area contributed by atoms with Crippen molar-refractivity contribution < 1.29 is 4.92 Å². The number of nitrogens with zero attached hydrogens (tertiary/aromatic N) is 4. The van der Waals surface area contributed by atoms with E-state index >= 15 is 0 Å². The summed E-state index contributed by atoms with van der Waals surface area (Å²) < 4.78 is 1.61. The molecule has 2 fully saturated rings. The molecule has 0 spiro atoms. The van der Waals surface area contributed by atoms with Gasteiger partial charge in [-0.15, -0.1) is 0 Å². The number of hydrogen-bond donors (Lipinski definition) is 0. The third-order valence-electron chi connectivity index (χ3n) is 3.16. The van der Waals surface area contributed by atoms with Crippen molar-refractivity contribution in [2.24, 2.45) is 5.92 Å². The zero-order valence-electron chi connectivity index (χ0n) is 8.54. The lowest BCUT2D eigenvalue weighted by molar-refractivity contribution is -0.385. The van der Waals surface area contributed by atoms with Crippen molar-refractivity contribution in [3.63, 3.8) is 0 Å². The summed E-state index contributed by atoms with van der Waals surface area (Å²) in [4.78, 5) is 10.5. The Hall–Kier alpha value is -1.90. The van der Waals surface area contributed by atoms with Gasteiger partial charge in [0.05, 0.1) is 23.0 Å². The number of hydrogen-bond acceptors (Lipinski definition) is 4. The van der Waals surface area contributed by atoms with Crippen LogP contribution in [0.3, 0.4) is 0 Å². The van der Waals surface area contributed by atoms with Crippen LogP contribution in [0.15, 0.2) is 6.20 Å². The molecule has 0 radical (unpaired) electrons. The normalized spacial score (nSPS) is 27.4. The van der Waals surface area contributed by atoms with Crippen LogP contribution in [-0.2, 0) is 0 Å². The van der Waals surface area contributed by atoms with Crippen molar-refractivity contribution in [2.75, 3.05) is 0 Å². The van der Waals surface area contributed by atoms with Crippen molar-refractivity contribution in [1.29, 1.82) is 5.26 Å². The Labute approximate surface area is 91.6 Å². The lowest BCUT2D eigenvalue weighted by Gasteiger charge is -1.93. The average molecular weight is 218 g/mol. The molecule has 1 heterocycles. The molecular weight excluding hydrogens is 208 g/mol. The summed E-state index contributed by atoms with van der Waals surface area (Å²) in [7, 11) is 0. The number of rotatable bonds is 3. The molecule has 2 aliphatic carbocycles. The minimum atomic E-state index is -0.374. The summed E-state index contributed by atoms with van der Waals surface area (Å²) >= 11 is 0. The third kappa shape index (κ3) is 1.36. The molecule has 2 aliphatic rings. The van der Waals surface area contributed by atoms with Crippen molar-refractivity contribution in [2.45, 2.75) is 31.2 Å². The summed E-state index contributed by atoms with van der Waals surface area (Å²) in [6.07, 6.45) is 4.23. The highest BCUT2D eigenvalue weighted by molar-refractivity contribution is 5.38. The van der Waals surface area contributed by atoms with Crippen LogP contribution in [-0.4, -0.2) is 14.7 Å². The van der Waals surface area contributed by atoms with Gasteiger partial charge in [0.2, 0.25) is 0 Å². The Kier molecular flexibility index (Phi) is 1.78. The summed E-state index contributed by atoms with van der Waals surface area (Å²) in [6, 6.07) is 2.21. The molecule has 82 valence electrons. The average Bonchev–Trinajstić information content (AvgIpc) is 3.16. The molecule has 2 saturated carbocycles. The van der Waals surface area contributed by atoms with Crippen LogP contribution in [0.2, 0.25) is 0 Å². The third-order valence-corrected chi connectivity index (χ3v) is 3.16. The van der Waals surface area contributed by atoms with Gasteiger partial charge in [0.15, 0.2) is 0 Å². The van der Waals surface area contributed by atoms with E-state index in [4.69, 9.17) is 5.26 Å². The van der Waals surface area contributed by atoms with Gasteiger partial charge in [-0.05, 0) is 19.3 Å². The fraction of sp³-hybridized carbons (Fsp3) is 0.600. The lowest BCUT2D eigenvalue weighted by atomic mass is 10.3. The molecule has 6 heteroatoms. The topological polar surface area (TPSA) is 84.8 Å². The minimum Gasteiger partial charge on any atom is -0.261 e. The van der Waals surface area contributed by atoms with Crippen LogP contribution >= 0.6 is 0 Å². The molecular formula is C10H10N4O2. The van der Waals surface area contributed by atoms with Crippen molar-refractivity contribution >= 4 is 5.69 Å². The summed E-state index contributed by atoms with van der Waals surface area (Å²) in [5.74, 6) is 0.243. The largest absolute Gasteiger partial charge is 0.310 e. The summed E-state index contributed by atoms with van der Waals surface area (Å²) in [5, 5.41) is 23.8. The zero-order valence-corrected chi connectivity index (χ0v) is 8.54. The van der Waals surface area contributed by atoms with E-state index in [9.17, 15) is 10.1 Å². The van der Waals surface area contributed by atoms with Gasteiger partial charge < -0.3 is 0 Å². The van der Waals surface area contributed by atoms with E-state index in [1.165, 1.54) is 6.20 Å². The van der Waals surface area contributed by atoms with E-state index in [1.54, 1.807) is 4.68 Å². The van der Waals surface area contributed by atoms with E-state index < -0.39 is 0 Å². The second-order valence-corrected chi connectivity index (χ2v) is 4.45. The van der Waals surface area contributed by atoms with Gasteiger partial charge in [0.1, 0.15) is 11.9 Å². The predicted octanol–water partition coefficient (Wildman–Crippen LogP) is 1.75. The SMILES string of the molecule is N#C[C@H]1C[C@H]1n1cc([N+](=O)[O-])c(C2CC2)n1. The van der Waals surface area contributed by atoms with Gasteiger partial charge in [-0.2, -0.15) is 10.4 Å². The molecule has 0 amide bonds. The molecule has 2 atom stereocenters. The van der Waals surface area contributed by atoms with Crippen LogP contribution in [0.4, 0.5) is 5.69 Å². The maximum Gasteiger partial charge on any atom is 0.310 e. The van der Waals surface area contributed by atoms with Crippen LogP contribution in [0.25, 0.3) is 0 Å². The first-order valence-electron chi connectivity index (χ1n) is 5.33. The number of aromatic nitrogens is 2. The van der Waals surface area contributed by atoms with Crippen molar-refractivity contribution in [1.82, 2.24) is 9.78 Å². The fourth-order valence-corrected chi connectivity index (χ4v) is 1.97. The van der Waals surface area contributed by atoms with Crippen LogP contribution in [0, 0.1) is 27.4 Å². The van der Waals surface area contributed by atoms with Gasteiger partial charge in [-0.25, -0.2) is 0 Å². The maximum atomic E-state index is 10.8. The van der Waals surface area contributed by atoms with E-state index in [2.05, 4.69) is 11.2 Å². The molecule has 0 bridgehead atoms. The Morgan fingerprint density at radius 2 is 2.38 bits per heavy atom. The highest BCUT2D eigenvalue weighted by Crippen LogP contribution is 2.47. The second kappa shape index (κ2) is 3.04. The standard InChI is InChI=1S/C10H10N4O2/c11-4-7-3-8(7)13-5-9(14(15)16)10(12-13)6-1-2-6/h5-8H,1-3H2/t7-,8-/m1/s1. The molecule has 1 aromatic heterocycles. The van der Waals surface area contributed by atoms with Gasteiger partial charge >= 0.3 is 5.69 Å². The molecule has 3 rings (SSSR count). The number of nitro groups is 1. The Morgan fingerprint density at radius 1 is 1.62 bits per heavy atom. The zero-order chi connectivity index (χ0) is 11.3. The second-order valence-electron chi connectivity index (χ2n) is 4.45. The highest BCUT2D eigenvalue weighted by atomic mass is 16.6. The van der Waals surface area contributed by atoms with E-state index in [1.807, 2.05) is 0 Å². The molecule has 0 unspecified atom stereocenters. The van der Waals surface area contributed by atoms with Gasteiger partial charge in [-0.3, -0.25) is 14.8 Å². The first-order valence-corrected chi connectivity index (χ1v) is 5.33. The Bertz CT molecular complexity index is 497. The van der Waals surface area contributed by atoms with Crippen molar-refractivity contribution in [3.05, 3.63) is 22.0 Å².